The summed E-state index contributed by atoms with van der Waals surface area (Å²) in [5, 5.41) is 0. The highest BCUT2D eigenvalue weighted by Gasteiger charge is 2.02. The van der Waals surface area contributed by atoms with Crippen LogP contribution in [0.1, 0.15) is 25.7 Å². The van der Waals surface area contributed by atoms with Crippen LogP contribution in [0.15, 0.2) is 0 Å². The maximum Gasteiger partial charge on any atom is 0.305 e. The summed E-state index contributed by atoms with van der Waals surface area (Å²) in [6, 6.07) is 0. The van der Waals surface area contributed by atoms with Crippen LogP contribution in [0.2, 0.25) is 0 Å². The first-order chi connectivity index (χ1) is 12.9. The van der Waals surface area contributed by atoms with E-state index in [1.54, 1.807) is 0 Å². The normalized spacial score (nSPS) is 23.3. The number of hydrogen-bond acceptors (Lipinski definition) is 8. The van der Waals surface area contributed by atoms with Crippen LogP contribution < -0.4 is 0 Å². The summed E-state index contributed by atoms with van der Waals surface area (Å²) >= 11 is 0. The minimum absolute atomic E-state index is 0.165. The largest absolute Gasteiger partial charge is 0.466 e. The summed E-state index contributed by atoms with van der Waals surface area (Å²) in [6.07, 6.45) is 2.72. The standard InChI is InChI=1S/C18H34O8/c19-18-4-1-2-5-20-8-10-22-12-14-24-16-17-25-15-13-23-11-9-21-6-3-7-26-18/h1-17H2. The van der Waals surface area contributed by atoms with E-state index >= 15 is 0 Å². The van der Waals surface area contributed by atoms with Crippen molar-refractivity contribution in [2.45, 2.75) is 25.7 Å². The molecule has 1 rings (SSSR count). The van der Waals surface area contributed by atoms with Gasteiger partial charge in [0.05, 0.1) is 72.7 Å². The maximum atomic E-state index is 11.6. The van der Waals surface area contributed by atoms with Crippen molar-refractivity contribution in [3.63, 3.8) is 0 Å². The molecule has 0 N–H and O–H groups in total. The van der Waals surface area contributed by atoms with E-state index in [1.165, 1.54) is 0 Å². The molecule has 26 heavy (non-hydrogen) atoms. The first-order valence-electron chi connectivity index (χ1n) is 9.51. The Bertz CT molecular complexity index is 286. The summed E-state index contributed by atoms with van der Waals surface area (Å²) < 4.78 is 37.6. The fourth-order valence-electron chi connectivity index (χ4n) is 2.09. The molecule has 0 aliphatic carbocycles. The number of esters is 1. The molecule has 1 aliphatic rings. The Hall–Kier alpha value is -0.770. The molecule has 0 bridgehead atoms. The van der Waals surface area contributed by atoms with Gasteiger partial charge in [-0.15, -0.1) is 0 Å². The van der Waals surface area contributed by atoms with E-state index in [0.717, 1.165) is 12.8 Å². The predicted molar refractivity (Wildman–Crippen MR) is 94.3 cm³/mol. The zero-order chi connectivity index (χ0) is 18.5. The van der Waals surface area contributed by atoms with Crippen molar-refractivity contribution >= 4 is 5.97 Å². The Balaban J connectivity index is 2.08. The van der Waals surface area contributed by atoms with Crippen molar-refractivity contribution in [1.29, 1.82) is 0 Å². The highest BCUT2D eigenvalue weighted by Crippen LogP contribution is 1.99. The fraction of sp³-hybridized carbons (Fsp3) is 0.944. The lowest BCUT2D eigenvalue weighted by Gasteiger charge is -2.08. The Morgan fingerprint density at radius 1 is 0.423 bits per heavy atom. The van der Waals surface area contributed by atoms with Crippen molar-refractivity contribution in [3.05, 3.63) is 0 Å². The molecule has 154 valence electrons. The Morgan fingerprint density at radius 3 is 1.27 bits per heavy atom. The molecule has 0 aromatic carbocycles. The number of ether oxygens (including phenoxy) is 7. The number of carbonyl (C=O) groups is 1. The minimum Gasteiger partial charge on any atom is -0.466 e. The molecule has 0 saturated carbocycles. The summed E-state index contributed by atoms with van der Waals surface area (Å²) in [5.74, 6) is -0.165. The average Bonchev–Trinajstić information content (AvgIpc) is 2.64. The smallest absolute Gasteiger partial charge is 0.305 e. The second-order valence-corrected chi connectivity index (χ2v) is 5.71. The van der Waals surface area contributed by atoms with Crippen LogP contribution in [-0.2, 0) is 38.0 Å². The lowest BCUT2D eigenvalue weighted by Crippen LogP contribution is -2.14. The lowest BCUT2D eigenvalue weighted by atomic mass is 10.2. The van der Waals surface area contributed by atoms with Crippen LogP contribution in [0.4, 0.5) is 0 Å². The molecule has 0 amide bonds. The summed E-state index contributed by atoms with van der Waals surface area (Å²) in [5.41, 5.74) is 0. The van der Waals surface area contributed by atoms with Crippen molar-refractivity contribution < 1.29 is 38.0 Å². The minimum atomic E-state index is -0.165. The van der Waals surface area contributed by atoms with E-state index in [9.17, 15) is 4.79 Å². The molecule has 1 fully saturated rings. The second kappa shape index (κ2) is 19.0. The van der Waals surface area contributed by atoms with Crippen LogP contribution in [0, 0.1) is 0 Å². The molecule has 0 atom stereocenters. The molecule has 1 saturated heterocycles. The Morgan fingerprint density at radius 2 is 0.808 bits per heavy atom. The van der Waals surface area contributed by atoms with E-state index in [4.69, 9.17) is 33.2 Å². The van der Waals surface area contributed by atoms with Gasteiger partial charge in [0, 0.05) is 26.1 Å². The average molecular weight is 378 g/mol. The first kappa shape index (κ1) is 23.3. The van der Waals surface area contributed by atoms with E-state index in [1.807, 2.05) is 0 Å². The molecule has 0 spiro atoms. The third-order valence-corrected chi connectivity index (χ3v) is 3.48. The van der Waals surface area contributed by atoms with Crippen LogP contribution in [0.25, 0.3) is 0 Å². The van der Waals surface area contributed by atoms with Crippen molar-refractivity contribution in [2.24, 2.45) is 0 Å². The highest BCUT2D eigenvalue weighted by molar-refractivity contribution is 5.69. The molecule has 8 heteroatoms. The van der Waals surface area contributed by atoms with E-state index in [2.05, 4.69) is 0 Å². The third-order valence-electron chi connectivity index (χ3n) is 3.48. The van der Waals surface area contributed by atoms with E-state index < -0.39 is 0 Å². The van der Waals surface area contributed by atoms with Gasteiger partial charge in [0.15, 0.2) is 0 Å². The SMILES string of the molecule is O=C1CCCCOCCOCCOCCOCCOCCOCCCO1. The molecule has 0 aromatic rings. The second-order valence-electron chi connectivity index (χ2n) is 5.71. The molecule has 1 aliphatic heterocycles. The van der Waals surface area contributed by atoms with Gasteiger partial charge in [-0.3, -0.25) is 4.79 Å². The van der Waals surface area contributed by atoms with Gasteiger partial charge >= 0.3 is 5.97 Å². The molecular formula is C18H34O8. The van der Waals surface area contributed by atoms with Gasteiger partial charge in [-0.05, 0) is 12.8 Å². The number of rotatable bonds is 0. The fourth-order valence-corrected chi connectivity index (χ4v) is 2.09. The number of hydrogen-bond donors (Lipinski definition) is 0. The first-order valence-corrected chi connectivity index (χ1v) is 9.51. The Labute approximate surface area is 156 Å². The Kier molecular flexibility index (Phi) is 17.0. The summed E-state index contributed by atoms with van der Waals surface area (Å²) in [6.45, 7) is 6.95. The summed E-state index contributed by atoms with van der Waals surface area (Å²) in [7, 11) is 0. The number of cyclic esters (lactones) is 1. The van der Waals surface area contributed by atoms with Crippen molar-refractivity contribution in [2.75, 3.05) is 85.9 Å². The van der Waals surface area contributed by atoms with Crippen LogP contribution in [-0.4, -0.2) is 91.9 Å². The number of carbonyl (C=O) groups excluding carboxylic acids is 1. The topological polar surface area (TPSA) is 81.7 Å². The molecule has 1 heterocycles. The quantitative estimate of drug-likeness (QED) is 0.582. The van der Waals surface area contributed by atoms with Gasteiger partial charge in [0.2, 0.25) is 0 Å². The van der Waals surface area contributed by atoms with Gasteiger partial charge in [-0.2, -0.15) is 0 Å². The van der Waals surface area contributed by atoms with Gasteiger partial charge < -0.3 is 33.2 Å². The summed E-state index contributed by atoms with van der Waals surface area (Å²) in [4.78, 5) is 11.6. The van der Waals surface area contributed by atoms with E-state index in [-0.39, 0.29) is 5.97 Å². The van der Waals surface area contributed by atoms with Crippen molar-refractivity contribution in [1.82, 2.24) is 0 Å². The molecular weight excluding hydrogens is 344 g/mol. The lowest BCUT2D eigenvalue weighted by molar-refractivity contribution is -0.144. The molecule has 8 nitrogen and oxygen atoms in total. The van der Waals surface area contributed by atoms with Crippen molar-refractivity contribution in [3.8, 4) is 0 Å². The third kappa shape index (κ3) is 16.7. The molecule has 0 unspecified atom stereocenters. The zero-order valence-corrected chi connectivity index (χ0v) is 15.8. The van der Waals surface area contributed by atoms with Gasteiger partial charge in [0.25, 0.3) is 0 Å². The predicted octanol–water partition coefficient (Wildman–Crippen LogP) is 1.20. The molecule has 0 radical (unpaired) electrons. The monoisotopic (exact) mass is 378 g/mol. The highest BCUT2D eigenvalue weighted by atomic mass is 16.6. The van der Waals surface area contributed by atoms with Gasteiger partial charge in [-0.25, -0.2) is 0 Å². The van der Waals surface area contributed by atoms with E-state index in [0.29, 0.717) is 98.7 Å². The van der Waals surface area contributed by atoms with Crippen LogP contribution in [0.3, 0.4) is 0 Å². The van der Waals surface area contributed by atoms with Crippen LogP contribution >= 0.6 is 0 Å². The van der Waals surface area contributed by atoms with Gasteiger partial charge in [0.1, 0.15) is 0 Å². The molecule has 0 aromatic heterocycles. The maximum absolute atomic E-state index is 11.6. The van der Waals surface area contributed by atoms with Gasteiger partial charge in [-0.1, -0.05) is 0 Å². The van der Waals surface area contributed by atoms with Crippen LogP contribution in [0.5, 0.6) is 0 Å². The zero-order valence-electron chi connectivity index (χ0n) is 15.8.